The lowest BCUT2D eigenvalue weighted by Crippen LogP contribution is -2.45. The van der Waals surface area contributed by atoms with Gasteiger partial charge in [-0.3, -0.25) is 4.79 Å². The minimum absolute atomic E-state index is 0.124. The van der Waals surface area contributed by atoms with Crippen LogP contribution < -0.4 is 5.32 Å². The van der Waals surface area contributed by atoms with E-state index in [2.05, 4.69) is 10.5 Å². The first-order valence-electron chi connectivity index (χ1n) is 6.07. The van der Waals surface area contributed by atoms with Crippen LogP contribution in [0.3, 0.4) is 0 Å². The Morgan fingerprint density at radius 1 is 1.58 bits per heavy atom. The average molecular weight is 289 g/mol. The van der Waals surface area contributed by atoms with E-state index >= 15 is 0 Å². The molecule has 0 aliphatic heterocycles. The molecule has 1 aromatic heterocycles. The van der Waals surface area contributed by atoms with E-state index in [-0.39, 0.29) is 23.4 Å². The van der Waals surface area contributed by atoms with E-state index in [1.54, 1.807) is 6.92 Å². The van der Waals surface area contributed by atoms with Crippen LogP contribution in [0.4, 0.5) is 0 Å². The van der Waals surface area contributed by atoms with Gasteiger partial charge in [0.15, 0.2) is 5.15 Å². The zero-order valence-corrected chi connectivity index (χ0v) is 11.6. The topological polar surface area (TPSA) is 92.4 Å². The average Bonchev–Trinajstić information content (AvgIpc) is 2.78. The van der Waals surface area contributed by atoms with Crippen molar-refractivity contribution in [2.75, 3.05) is 0 Å². The van der Waals surface area contributed by atoms with Crippen molar-refractivity contribution in [1.29, 1.82) is 0 Å². The number of aromatic nitrogens is 1. The molecule has 1 rings (SSSR count). The van der Waals surface area contributed by atoms with Gasteiger partial charge in [-0.25, -0.2) is 4.79 Å². The minimum Gasteiger partial charge on any atom is -0.480 e. The highest BCUT2D eigenvalue weighted by Gasteiger charge is 2.25. The number of carbonyl (C=O) groups excluding carboxylic acids is 1. The summed E-state index contributed by atoms with van der Waals surface area (Å²) in [5.74, 6) is -0.984. The highest BCUT2D eigenvalue weighted by Crippen LogP contribution is 2.11. The lowest BCUT2D eigenvalue weighted by atomic mass is 9.99. The molecule has 0 aromatic carbocycles. The first-order valence-corrected chi connectivity index (χ1v) is 6.45. The summed E-state index contributed by atoms with van der Waals surface area (Å²) in [4.78, 5) is 22.7. The van der Waals surface area contributed by atoms with Crippen LogP contribution in [-0.2, 0) is 16.0 Å². The third-order valence-corrected chi connectivity index (χ3v) is 3.10. The number of nitrogens with zero attached hydrogens (tertiary/aromatic N) is 1. The summed E-state index contributed by atoms with van der Waals surface area (Å²) >= 11 is 5.58. The fourth-order valence-corrected chi connectivity index (χ4v) is 1.73. The van der Waals surface area contributed by atoms with Crippen LogP contribution >= 0.6 is 11.6 Å². The third kappa shape index (κ3) is 4.90. The van der Waals surface area contributed by atoms with Gasteiger partial charge in [-0.05, 0) is 5.92 Å². The molecular weight excluding hydrogens is 272 g/mol. The highest BCUT2D eigenvalue weighted by molar-refractivity contribution is 6.29. The molecule has 0 spiro atoms. The summed E-state index contributed by atoms with van der Waals surface area (Å²) in [5.41, 5.74) is 0. The van der Waals surface area contributed by atoms with Crippen LogP contribution in [0.5, 0.6) is 0 Å². The molecule has 106 valence electrons. The van der Waals surface area contributed by atoms with Crippen molar-refractivity contribution in [2.24, 2.45) is 5.92 Å². The van der Waals surface area contributed by atoms with Gasteiger partial charge in [0.1, 0.15) is 11.8 Å². The molecule has 0 saturated carbocycles. The Kier molecular flexibility index (Phi) is 5.82. The molecular formula is C12H17ClN2O4. The third-order valence-electron chi connectivity index (χ3n) is 2.92. The molecule has 0 saturated heterocycles. The van der Waals surface area contributed by atoms with Crippen LogP contribution in [0.15, 0.2) is 10.6 Å². The number of hydrogen-bond donors (Lipinski definition) is 2. The van der Waals surface area contributed by atoms with Crippen LogP contribution in [0.1, 0.15) is 32.4 Å². The quantitative estimate of drug-likeness (QED) is 0.799. The van der Waals surface area contributed by atoms with Crippen molar-refractivity contribution in [3.05, 3.63) is 17.0 Å². The van der Waals surface area contributed by atoms with E-state index in [1.165, 1.54) is 6.07 Å². The molecule has 1 heterocycles. The number of aryl methyl sites for hydroxylation is 1. The summed E-state index contributed by atoms with van der Waals surface area (Å²) in [6, 6.07) is 0.661. The van der Waals surface area contributed by atoms with Gasteiger partial charge in [0.2, 0.25) is 5.91 Å². The summed E-state index contributed by atoms with van der Waals surface area (Å²) in [6.45, 7) is 3.67. The minimum atomic E-state index is -1.02. The van der Waals surface area contributed by atoms with Crippen LogP contribution in [0.2, 0.25) is 5.15 Å². The summed E-state index contributed by atoms with van der Waals surface area (Å²) in [6.07, 6.45) is 1.14. The maximum atomic E-state index is 11.7. The van der Waals surface area contributed by atoms with Crippen molar-refractivity contribution < 1.29 is 19.2 Å². The van der Waals surface area contributed by atoms with Gasteiger partial charge in [0.25, 0.3) is 0 Å². The second-order valence-electron chi connectivity index (χ2n) is 4.38. The number of carboxylic acid groups (broad SMARTS) is 1. The lowest BCUT2D eigenvalue weighted by Gasteiger charge is -2.19. The first kappa shape index (κ1) is 15.5. The Morgan fingerprint density at radius 2 is 2.26 bits per heavy atom. The van der Waals surface area contributed by atoms with Crippen molar-refractivity contribution in [1.82, 2.24) is 10.5 Å². The van der Waals surface area contributed by atoms with E-state index in [9.17, 15) is 9.59 Å². The van der Waals surface area contributed by atoms with Gasteiger partial charge >= 0.3 is 5.97 Å². The molecule has 1 aromatic rings. The van der Waals surface area contributed by atoms with Crippen LogP contribution in [0, 0.1) is 5.92 Å². The monoisotopic (exact) mass is 288 g/mol. The maximum Gasteiger partial charge on any atom is 0.326 e. The van der Waals surface area contributed by atoms with Crippen molar-refractivity contribution in [3.63, 3.8) is 0 Å². The van der Waals surface area contributed by atoms with Crippen LogP contribution in [-0.4, -0.2) is 28.2 Å². The highest BCUT2D eigenvalue weighted by atomic mass is 35.5. The number of hydrogen-bond acceptors (Lipinski definition) is 4. The second-order valence-corrected chi connectivity index (χ2v) is 4.77. The van der Waals surface area contributed by atoms with E-state index in [0.717, 1.165) is 0 Å². The van der Waals surface area contributed by atoms with E-state index in [0.29, 0.717) is 18.6 Å². The van der Waals surface area contributed by atoms with Crippen molar-refractivity contribution >= 4 is 23.5 Å². The Morgan fingerprint density at radius 3 is 2.74 bits per heavy atom. The molecule has 1 amide bonds. The Bertz CT molecular complexity index is 447. The first-order chi connectivity index (χ1) is 8.93. The molecule has 6 nitrogen and oxygen atoms in total. The molecule has 0 aliphatic carbocycles. The molecule has 0 aliphatic rings. The largest absolute Gasteiger partial charge is 0.480 e. The van der Waals surface area contributed by atoms with Crippen molar-refractivity contribution in [3.8, 4) is 0 Å². The Labute approximate surface area is 116 Å². The predicted molar refractivity (Wildman–Crippen MR) is 68.9 cm³/mol. The SMILES string of the molecule is CC[C@@H](C)[C@H](NC(=O)CCc1cc(Cl)no1)C(=O)O. The summed E-state index contributed by atoms with van der Waals surface area (Å²) in [7, 11) is 0. The molecule has 0 fully saturated rings. The number of halogens is 1. The Balaban J connectivity index is 2.46. The molecule has 2 N–H and O–H groups in total. The smallest absolute Gasteiger partial charge is 0.326 e. The zero-order chi connectivity index (χ0) is 14.4. The molecule has 0 bridgehead atoms. The molecule has 0 unspecified atom stereocenters. The molecule has 2 atom stereocenters. The normalized spacial score (nSPS) is 13.8. The van der Waals surface area contributed by atoms with Gasteiger partial charge in [0, 0.05) is 18.9 Å². The molecule has 7 heteroatoms. The number of amides is 1. The second kappa shape index (κ2) is 7.13. The van der Waals surface area contributed by atoms with Gasteiger partial charge in [-0.2, -0.15) is 0 Å². The van der Waals surface area contributed by atoms with Gasteiger partial charge < -0.3 is 14.9 Å². The van der Waals surface area contributed by atoms with Gasteiger partial charge in [0.05, 0.1) is 0 Å². The summed E-state index contributed by atoms with van der Waals surface area (Å²) < 4.78 is 4.86. The van der Waals surface area contributed by atoms with E-state index < -0.39 is 12.0 Å². The zero-order valence-electron chi connectivity index (χ0n) is 10.9. The number of carbonyl (C=O) groups is 2. The van der Waals surface area contributed by atoms with Gasteiger partial charge in [-0.1, -0.05) is 37.0 Å². The molecule has 0 radical (unpaired) electrons. The van der Waals surface area contributed by atoms with E-state index in [1.807, 2.05) is 6.92 Å². The standard InChI is InChI=1S/C12H17ClN2O4/c1-3-7(2)11(12(17)18)14-10(16)5-4-8-6-9(13)15-19-8/h6-7,11H,3-5H2,1-2H3,(H,14,16)(H,17,18)/t7-,11+/m1/s1. The fraction of sp³-hybridized carbons (Fsp3) is 0.583. The van der Waals surface area contributed by atoms with Crippen LogP contribution in [0.25, 0.3) is 0 Å². The predicted octanol–water partition coefficient (Wildman–Crippen LogP) is 1.88. The number of rotatable bonds is 7. The van der Waals surface area contributed by atoms with Gasteiger partial charge in [-0.15, -0.1) is 0 Å². The Hall–Kier alpha value is -1.56. The fourth-order valence-electron chi connectivity index (χ4n) is 1.57. The maximum absolute atomic E-state index is 11.7. The van der Waals surface area contributed by atoms with Crippen molar-refractivity contribution in [2.45, 2.75) is 39.2 Å². The van der Waals surface area contributed by atoms with E-state index in [4.69, 9.17) is 21.2 Å². The lowest BCUT2D eigenvalue weighted by molar-refractivity contribution is -0.143. The number of nitrogens with one attached hydrogen (secondary N) is 1. The summed E-state index contributed by atoms with van der Waals surface area (Å²) in [5, 5.41) is 15.3. The number of carboxylic acids is 1. The molecule has 19 heavy (non-hydrogen) atoms. The number of aliphatic carboxylic acids is 1.